The van der Waals surface area contributed by atoms with Crippen molar-refractivity contribution in [3.05, 3.63) is 35.9 Å². The van der Waals surface area contributed by atoms with Crippen molar-refractivity contribution >= 4 is 16.7 Å². The number of nitrogens with zero attached hydrogens (tertiary/aromatic N) is 2. The number of benzene rings is 1. The maximum atomic E-state index is 4.93. The van der Waals surface area contributed by atoms with E-state index in [0.29, 0.717) is 0 Å². The van der Waals surface area contributed by atoms with E-state index in [-0.39, 0.29) is 0 Å². The van der Waals surface area contributed by atoms with Crippen molar-refractivity contribution < 1.29 is 0 Å². The first-order valence-electron chi connectivity index (χ1n) is 8.13. The molecule has 0 bridgehead atoms. The summed E-state index contributed by atoms with van der Waals surface area (Å²) < 4.78 is 0. The van der Waals surface area contributed by atoms with Gasteiger partial charge >= 0.3 is 0 Å². The molecular weight excluding hydrogens is 258 g/mol. The van der Waals surface area contributed by atoms with Gasteiger partial charge in [0.2, 0.25) is 0 Å². The highest BCUT2D eigenvalue weighted by Crippen LogP contribution is 2.39. The summed E-state index contributed by atoms with van der Waals surface area (Å²) in [4.78, 5) is 7.44. The summed E-state index contributed by atoms with van der Waals surface area (Å²) in [6.45, 7) is 3.31. The number of aromatic nitrogens is 1. The Balaban J connectivity index is 1.72. The third-order valence-electron chi connectivity index (χ3n) is 5.21. The zero-order valence-corrected chi connectivity index (χ0v) is 12.7. The Hall–Kier alpha value is -1.61. The van der Waals surface area contributed by atoms with Gasteiger partial charge in [0.1, 0.15) is 5.82 Å². The molecule has 21 heavy (non-hydrogen) atoms. The molecule has 4 rings (SSSR count). The summed E-state index contributed by atoms with van der Waals surface area (Å²) in [6.07, 6.45) is 4.26. The van der Waals surface area contributed by atoms with Crippen LogP contribution in [0.3, 0.4) is 0 Å². The number of hydrogen-bond donors (Lipinski definition) is 1. The van der Waals surface area contributed by atoms with Crippen molar-refractivity contribution in [3.63, 3.8) is 0 Å². The Kier molecular flexibility index (Phi) is 3.30. The lowest BCUT2D eigenvalue weighted by Gasteiger charge is -2.20. The molecule has 2 atom stereocenters. The van der Waals surface area contributed by atoms with Crippen molar-refractivity contribution in [2.75, 3.05) is 25.0 Å². The van der Waals surface area contributed by atoms with Crippen LogP contribution in [0.2, 0.25) is 0 Å². The van der Waals surface area contributed by atoms with E-state index in [1.807, 2.05) is 7.05 Å². The molecule has 2 aliphatic rings. The average molecular weight is 281 g/mol. The lowest BCUT2D eigenvalue weighted by Crippen LogP contribution is -2.22. The van der Waals surface area contributed by atoms with Gasteiger partial charge < -0.3 is 10.2 Å². The number of rotatable bonds is 3. The summed E-state index contributed by atoms with van der Waals surface area (Å²) >= 11 is 0. The molecule has 110 valence electrons. The molecule has 3 nitrogen and oxygen atoms in total. The highest BCUT2D eigenvalue weighted by molar-refractivity contribution is 5.84. The predicted molar refractivity (Wildman–Crippen MR) is 87.6 cm³/mol. The molecule has 1 aliphatic heterocycles. The number of nitrogens with one attached hydrogen (secondary N) is 1. The standard InChI is InChI=1S/C18H23N3/c1-19-10-15-9-18(20-17-8-3-2-7-16(15)17)21-11-13-5-4-6-14(13)12-21/h2-3,7-9,13-14,19H,4-6,10-12H2,1H3. The zero-order chi connectivity index (χ0) is 14.2. The van der Waals surface area contributed by atoms with E-state index in [0.717, 1.165) is 23.9 Å². The summed E-state index contributed by atoms with van der Waals surface area (Å²) in [5.74, 6) is 2.99. The lowest BCUT2D eigenvalue weighted by molar-refractivity contribution is 0.494. The fraction of sp³-hybridized carbons (Fsp3) is 0.500. The van der Waals surface area contributed by atoms with Crippen LogP contribution in [0, 0.1) is 11.8 Å². The minimum atomic E-state index is 0.900. The van der Waals surface area contributed by atoms with E-state index < -0.39 is 0 Å². The Labute approximate surface area is 126 Å². The number of anilines is 1. The van der Waals surface area contributed by atoms with Crippen LogP contribution in [0.15, 0.2) is 30.3 Å². The Morgan fingerprint density at radius 2 is 1.95 bits per heavy atom. The van der Waals surface area contributed by atoms with Crippen LogP contribution in [0.1, 0.15) is 24.8 Å². The van der Waals surface area contributed by atoms with Crippen LogP contribution in [-0.4, -0.2) is 25.1 Å². The molecule has 1 aromatic carbocycles. The van der Waals surface area contributed by atoms with Crippen molar-refractivity contribution in [2.45, 2.75) is 25.8 Å². The topological polar surface area (TPSA) is 28.2 Å². The Morgan fingerprint density at radius 3 is 2.71 bits per heavy atom. The second kappa shape index (κ2) is 5.30. The van der Waals surface area contributed by atoms with E-state index in [1.165, 1.54) is 49.1 Å². The monoisotopic (exact) mass is 281 g/mol. The van der Waals surface area contributed by atoms with Crippen LogP contribution in [0.4, 0.5) is 5.82 Å². The molecule has 1 aliphatic carbocycles. The highest BCUT2D eigenvalue weighted by Gasteiger charge is 2.36. The normalized spacial score (nSPS) is 24.7. The number of para-hydroxylation sites is 1. The van der Waals surface area contributed by atoms with Crippen molar-refractivity contribution in [2.24, 2.45) is 11.8 Å². The quantitative estimate of drug-likeness (QED) is 0.936. The van der Waals surface area contributed by atoms with Gasteiger partial charge in [0, 0.05) is 25.0 Å². The summed E-state index contributed by atoms with van der Waals surface area (Å²) in [6, 6.07) is 10.8. The second-order valence-corrected chi connectivity index (χ2v) is 6.54. The van der Waals surface area contributed by atoms with Crippen molar-refractivity contribution in [3.8, 4) is 0 Å². The zero-order valence-electron chi connectivity index (χ0n) is 12.7. The SMILES string of the molecule is CNCc1cc(N2CC3CCCC3C2)nc2ccccc12. The van der Waals surface area contributed by atoms with Crippen LogP contribution in [-0.2, 0) is 6.54 Å². The maximum Gasteiger partial charge on any atom is 0.129 e. The van der Waals surface area contributed by atoms with Gasteiger partial charge in [-0.25, -0.2) is 4.98 Å². The van der Waals surface area contributed by atoms with Crippen LogP contribution in [0.5, 0.6) is 0 Å². The van der Waals surface area contributed by atoms with Gasteiger partial charge in [-0.1, -0.05) is 24.6 Å². The Morgan fingerprint density at radius 1 is 1.19 bits per heavy atom. The predicted octanol–water partition coefficient (Wildman–Crippen LogP) is 3.19. The van der Waals surface area contributed by atoms with Crippen LogP contribution >= 0.6 is 0 Å². The summed E-state index contributed by atoms with van der Waals surface area (Å²) in [5.41, 5.74) is 2.48. The molecule has 2 heterocycles. The molecule has 0 amide bonds. The number of pyridine rings is 1. The van der Waals surface area contributed by atoms with Gasteiger partial charge in [0.25, 0.3) is 0 Å². The minimum Gasteiger partial charge on any atom is -0.356 e. The average Bonchev–Trinajstić information content (AvgIpc) is 3.08. The third kappa shape index (κ3) is 2.30. The molecule has 2 unspecified atom stereocenters. The molecule has 1 saturated carbocycles. The second-order valence-electron chi connectivity index (χ2n) is 6.54. The van der Waals surface area contributed by atoms with Crippen LogP contribution < -0.4 is 10.2 Å². The van der Waals surface area contributed by atoms with E-state index in [1.54, 1.807) is 0 Å². The van der Waals surface area contributed by atoms with Gasteiger partial charge in [0.15, 0.2) is 0 Å². The van der Waals surface area contributed by atoms with Gasteiger partial charge in [0.05, 0.1) is 5.52 Å². The first-order chi connectivity index (χ1) is 10.3. The Bertz CT molecular complexity index is 640. The van der Waals surface area contributed by atoms with Gasteiger partial charge in [-0.3, -0.25) is 0 Å². The van der Waals surface area contributed by atoms with Gasteiger partial charge in [-0.15, -0.1) is 0 Å². The van der Waals surface area contributed by atoms with Gasteiger partial charge in [-0.05, 0) is 49.4 Å². The van der Waals surface area contributed by atoms with Crippen LogP contribution in [0.25, 0.3) is 10.9 Å². The molecule has 2 aromatic rings. The molecule has 0 spiro atoms. The fourth-order valence-corrected chi connectivity index (χ4v) is 4.15. The molecule has 1 aromatic heterocycles. The summed E-state index contributed by atoms with van der Waals surface area (Å²) in [7, 11) is 2.01. The number of hydrogen-bond acceptors (Lipinski definition) is 3. The highest BCUT2D eigenvalue weighted by atomic mass is 15.2. The molecule has 3 heteroatoms. The first kappa shape index (κ1) is 13.1. The van der Waals surface area contributed by atoms with Gasteiger partial charge in [-0.2, -0.15) is 0 Å². The van der Waals surface area contributed by atoms with Crippen molar-refractivity contribution in [1.82, 2.24) is 10.3 Å². The molecular formula is C18H23N3. The summed E-state index contributed by atoms with van der Waals surface area (Å²) in [5, 5.41) is 4.56. The number of fused-ring (bicyclic) bond motifs is 2. The van der Waals surface area contributed by atoms with E-state index >= 15 is 0 Å². The molecule has 1 saturated heterocycles. The first-order valence-corrected chi connectivity index (χ1v) is 8.13. The maximum absolute atomic E-state index is 4.93. The largest absolute Gasteiger partial charge is 0.356 e. The third-order valence-corrected chi connectivity index (χ3v) is 5.21. The lowest BCUT2D eigenvalue weighted by atomic mass is 10.0. The molecule has 0 radical (unpaired) electrons. The molecule has 2 fully saturated rings. The van der Waals surface area contributed by atoms with E-state index in [2.05, 4.69) is 40.5 Å². The fourth-order valence-electron chi connectivity index (χ4n) is 4.15. The van der Waals surface area contributed by atoms with Crippen molar-refractivity contribution in [1.29, 1.82) is 0 Å². The smallest absolute Gasteiger partial charge is 0.129 e. The minimum absolute atomic E-state index is 0.900. The molecule has 1 N–H and O–H groups in total. The van der Waals surface area contributed by atoms with E-state index in [4.69, 9.17) is 4.98 Å². The van der Waals surface area contributed by atoms with E-state index in [9.17, 15) is 0 Å².